The lowest BCUT2D eigenvalue weighted by molar-refractivity contribution is 0.0258. The molecule has 0 saturated carbocycles. The molecule has 25 heavy (non-hydrogen) atoms. The van der Waals surface area contributed by atoms with Crippen molar-refractivity contribution in [3.63, 3.8) is 0 Å². The van der Waals surface area contributed by atoms with Gasteiger partial charge in [-0.25, -0.2) is 4.79 Å². The summed E-state index contributed by atoms with van der Waals surface area (Å²) in [6, 6.07) is 10.0. The second kappa shape index (κ2) is 6.78. The van der Waals surface area contributed by atoms with Crippen LogP contribution in [-0.4, -0.2) is 39.5 Å². The van der Waals surface area contributed by atoms with Crippen LogP contribution in [-0.2, 0) is 24.1 Å². The first-order valence-electron chi connectivity index (χ1n) is 8.66. The molecule has 0 fully saturated rings. The normalized spacial score (nSPS) is 14.8. The highest BCUT2D eigenvalue weighted by Crippen LogP contribution is 2.17. The number of carbonyl (C=O) groups is 1. The van der Waals surface area contributed by atoms with Gasteiger partial charge in [-0.15, -0.1) is 0 Å². The fourth-order valence-corrected chi connectivity index (χ4v) is 3.10. The van der Waals surface area contributed by atoms with E-state index in [0.29, 0.717) is 32.5 Å². The average Bonchev–Trinajstić information content (AvgIpc) is 2.72. The van der Waals surface area contributed by atoms with E-state index >= 15 is 0 Å². The van der Waals surface area contributed by atoms with E-state index in [9.17, 15) is 9.59 Å². The number of ether oxygens (including phenoxy) is 1. The quantitative estimate of drug-likeness (QED) is 0.911. The van der Waals surface area contributed by atoms with Crippen molar-refractivity contribution >= 4 is 6.09 Å². The summed E-state index contributed by atoms with van der Waals surface area (Å²) < 4.78 is 7.37. The Morgan fingerprint density at radius 3 is 2.52 bits per heavy atom. The number of fused-ring (bicyclic) bond motifs is 1. The highest BCUT2D eigenvalue weighted by molar-refractivity contribution is 5.68. The van der Waals surface area contributed by atoms with Crippen molar-refractivity contribution in [1.82, 2.24) is 14.7 Å². The predicted molar refractivity (Wildman–Crippen MR) is 95.8 cm³/mol. The lowest BCUT2D eigenvalue weighted by Gasteiger charge is -2.26. The van der Waals surface area contributed by atoms with Gasteiger partial charge >= 0.3 is 6.09 Å². The van der Waals surface area contributed by atoms with Gasteiger partial charge in [0.05, 0.1) is 6.54 Å². The van der Waals surface area contributed by atoms with E-state index in [1.54, 1.807) is 4.90 Å². The van der Waals surface area contributed by atoms with Crippen molar-refractivity contribution in [3.05, 3.63) is 57.5 Å². The second-order valence-electron chi connectivity index (χ2n) is 7.41. The van der Waals surface area contributed by atoms with Crippen LogP contribution in [0.15, 0.2) is 35.1 Å². The van der Waals surface area contributed by atoms with Gasteiger partial charge in [-0.05, 0) is 32.8 Å². The van der Waals surface area contributed by atoms with E-state index in [1.807, 2.05) is 55.8 Å². The molecule has 1 aromatic heterocycles. The Morgan fingerprint density at radius 2 is 1.84 bits per heavy atom. The highest BCUT2D eigenvalue weighted by Gasteiger charge is 2.26. The molecule has 1 amide bonds. The van der Waals surface area contributed by atoms with Crippen molar-refractivity contribution in [2.45, 2.75) is 45.8 Å². The number of H-pyrrole nitrogens is 1. The van der Waals surface area contributed by atoms with Gasteiger partial charge in [-0.3, -0.25) is 14.6 Å². The lowest BCUT2D eigenvalue weighted by atomic mass is 10.1. The minimum absolute atomic E-state index is 0.0584. The third kappa shape index (κ3) is 4.13. The molecule has 2 aromatic rings. The number of aromatic amines is 1. The van der Waals surface area contributed by atoms with E-state index in [0.717, 1.165) is 16.8 Å². The third-order valence-electron chi connectivity index (χ3n) is 4.27. The van der Waals surface area contributed by atoms with Crippen molar-refractivity contribution in [2.75, 3.05) is 13.1 Å². The van der Waals surface area contributed by atoms with Gasteiger partial charge < -0.3 is 9.64 Å². The SMILES string of the molecule is CC(C)(C)OC(=O)N1CCc2c(n(Cc3ccccc3)[nH]c2=O)CC1. The van der Waals surface area contributed by atoms with Crippen LogP contribution in [0.3, 0.4) is 0 Å². The van der Waals surface area contributed by atoms with Gasteiger partial charge in [0, 0.05) is 30.8 Å². The van der Waals surface area contributed by atoms with Crippen LogP contribution in [0.25, 0.3) is 0 Å². The molecule has 3 rings (SSSR count). The molecule has 1 aliphatic rings. The number of amides is 1. The molecule has 0 radical (unpaired) electrons. The lowest BCUT2D eigenvalue weighted by Crippen LogP contribution is -2.38. The highest BCUT2D eigenvalue weighted by atomic mass is 16.6. The summed E-state index contributed by atoms with van der Waals surface area (Å²) in [4.78, 5) is 26.3. The minimum atomic E-state index is -0.518. The topological polar surface area (TPSA) is 67.3 Å². The van der Waals surface area contributed by atoms with Gasteiger partial charge in [0.2, 0.25) is 0 Å². The first kappa shape index (κ1) is 17.3. The zero-order valence-corrected chi connectivity index (χ0v) is 15.0. The summed E-state index contributed by atoms with van der Waals surface area (Å²) in [5.41, 5.74) is 2.32. The zero-order chi connectivity index (χ0) is 18.0. The van der Waals surface area contributed by atoms with E-state index in [-0.39, 0.29) is 11.7 Å². The number of rotatable bonds is 2. The number of nitrogens with one attached hydrogen (secondary N) is 1. The largest absolute Gasteiger partial charge is 0.444 e. The maximum absolute atomic E-state index is 12.3. The number of carbonyl (C=O) groups excluding carboxylic acids is 1. The summed E-state index contributed by atoms with van der Waals surface area (Å²) in [6.07, 6.45) is 0.870. The Bertz CT molecular complexity index is 800. The van der Waals surface area contributed by atoms with Crippen molar-refractivity contribution in [1.29, 1.82) is 0 Å². The van der Waals surface area contributed by atoms with Crippen LogP contribution in [0, 0.1) is 0 Å². The molecule has 1 aromatic carbocycles. The van der Waals surface area contributed by atoms with Crippen molar-refractivity contribution < 1.29 is 9.53 Å². The van der Waals surface area contributed by atoms with E-state index in [4.69, 9.17) is 4.74 Å². The summed E-state index contributed by atoms with van der Waals surface area (Å²) in [5.74, 6) is 0. The molecule has 134 valence electrons. The summed E-state index contributed by atoms with van der Waals surface area (Å²) in [7, 11) is 0. The van der Waals surface area contributed by atoms with E-state index in [1.165, 1.54) is 0 Å². The number of benzene rings is 1. The first-order valence-corrected chi connectivity index (χ1v) is 8.66. The van der Waals surface area contributed by atoms with Gasteiger partial charge in [-0.2, -0.15) is 0 Å². The smallest absolute Gasteiger partial charge is 0.410 e. The molecule has 1 N–H and O–H groups in total. The Balaban J connectivity index is 1.77. The molecule has 2 heterocycles. The Morgan fingerprint density at radius 1 is 1.16 bits per heavy atom. The minimum Gasteiger partial charge on any atom is -0.444 e. The fourth-order valence-electron chi connectivity index (χ4n) is 3.10. The molecule has 0 atom stereocenters. The van der Waals surface area contributed by atoms with Crippen LogP contribution in [0.4, 0.5) is 4.79 Å². The molecular formula is C19H25N3O3. The van der Waals surface area contributed by atoms with Crippen molar-refractivity contribution in [3.8, 4) is 0 Å². The summed E-state index contributed by atoms with van der Waals surface area (Å²) in [5, 5.41) is 2.94. The van der Waals surface area contributed by atoms with E-state index in [2.05, 4.69) is 5.10 Å². The van der Waals surface area contributed by atoms with Gasteiger partial charge in [0.1, 0.15) is 5.60 Å². The van der Waals surface area contributed by atoms with Crippen LogP contribution < -0.4 is 5.56 Å². The molecule has 6 nitrogen and oxygen atoms in total. The van der Waals surface area contributed by atoms with Gasteiger partial charge in [0.25, 0.3) is 5.56 Å². The zero-order valence-electron chi connectivity index (χ0n) is 15.0. The number of nitrogens with zero attached hydrogens (tertiary/aromatic N) is 2. The van der Waals surface area contributed by atoms with Crippen LogP contribution >= 0.6 is 0 Å². The number of hydrogen-bond acceptors (Lipinski definition) is 3. The summed E-state index contributed by atoms with van der Waals surface area (Å²) >= 11 is 0. The van der Waals surface area contributed by atoms with Crippen LogP contribution in [0.1, 0.15) is 37.6 Å². The standard InChI is InChI=1S/C19H25N3O3/c1-19(2,3)25-18(24)21-11-9-15-16(10-12-21)22(20-17(15)23)13-14-7-5-4-6-8-14/h4-8H,9-13H2,1-3H3,(H,20,23). The summed E-state index contributed by atoms with van der Waals surface area (Å²) in [6.45, 7) is 7.24. The number of aromatic nitrogens is 2. The maximum atomic E-state index is 12.3. The van der Waals surface area contributed by atoms with Crippen LogP contribution in [0.5, 0.6) is 0 Å². The average molecular weight is 343 g/mol. The molecule has 6 heteroatoms. The fraction of sp³-hybridized carbons (Fsp3) is 0.474. The molecule has 0 aliphatic carbocycles. The molecule has 0 unspecified atom stereocenters. The third-order valence-corrected chi connectivity index (χ3v) is 4.27. The monoisotopic (exact) mass is 343 g/mol. The predicted octanol–water partition coefficient (Wildman–Crippen LogP) is 2.56. The molecular weight excluding hydrogens is 318 g/mol. The maximum Gasteiger partial charge on any atom is 0.410 e. The molecule has 1 aliphatic heterocycles. The molecule has 0 saturated heterocycles. The second-order valence-corrected chi connectivity index (χ2v) is 7.41. The van der Waals surface area contributed by atoms with Gasteiger partial charge in [-0.1, -0.05) is 30.3 Å². The van der Waals surface area contributed by atoms with Crippen LogP contribution in [0.2, 0.25) is 0 Å². The Hall–Kier alpha value is -2.50. The Kier molecular flexibility index (Phi) is 4.70. The number of hydrogen-bond donors (Lipinski definition) is 1. The van der Waals surface area contributed by atoms with Crippen molar-refractivity contribution in [2.24, 2.45) is 0 Å². The Labute approximate surface area is 147 Å². The molecule has 0 spiro atoms. The molecule has 0 bridgehead atoms. The van der Waals surface area contributed by atoms with Gasteiger partial charge in [0.15, 0.2) is 0 Å². The first-order chi connectivity index (χ1) is 11.8. The van der Waals surface area contributed by atoms with E-state index < -0.39 is 5.60 Å².